The van der Waals surface area contributed by atoms with Crippen LogP contribution in [0, 0.1) is 0 Å². The number of aliphatic hydroxyl groups is 1. The zero-order valence-corrected chi connectivity index (χ0v) is 33.4. The SMILES string of the molecule is CC(CC(=O)N1CCC(O)(Cn2cnc3c(-c4ccc(CNCCCNC(=O)CCOCCOCCOC=CC(N)=O)cc4)n(C)nc3c2=O)CC1)c1ccccc1. The van der Waals surface area contributed by atoms with Gasteiger partial charge in [0.25, 0.3) is 5.56 Å². The van der Waals surface area contributed by atoms with Gasteiger partial charge in [0.2, 0.25) is 17.7 Å². The molecule has 312 valence electrons. The van der Waals surface area contributed by atoms with E-state index in [2.05, 4.69) is 27.6 Å². The second-order valence-corrected chi connectivity index (χ2v) is 14.6. The van der Waals surface area contributed by atoms with Crippen molar-refractivity contribution in [1.82, 2.24) is 34.9 Å². The predicted molar refractivity (Wildman–Crippen MR) is 218 cm³/mol. The van der Waals surface area contributed by atoms with Crippen molar-refractivity contribution in [3.8, 4) is 11.3 Å². The molecule has 3 heterocycles. The number of nitrogens with zero attached hydrogens (tertiary/aromatic N) is 5. The van der Waals surface area contributed by atoms with Gasteiger partial charge >= 0.3 is 0 Å². The van der Waals surface area contributed by atoms with Gasteiger partial charge in [-0.2, -0.15) is 5.10 Å². The van der Waals surface area contributed by atoms with Gasteiger partial charge in [-0.15, -0.1) is 0 Å². The lowest BCUT2D eigenvalue weighted by Crippen LogP contribution is -2.49. The molecule has 0 saturated carbocycles. The number of likely N-dealkylation sites (tertiary alicyclic amines) is 1. The fourth-order valence-corrected chi connectivity index (χ4v) is 6.79. The number of carbonyl (C=O) groups excluding carboxylic acids is 3. The van der Waals surface area contributed by atoms with E-state index in [0.29, 0.717) is 84.0 Å². The van der Waals surface area contributed by atoms with Crippen molar-refractivity contribution in [3.63, 3.8) is 0 Å². The molecule has 0 aliphatic carbocycles. The molecule has 2 aromatic carbocycles. The molecular formula is C42H56N8O8. The van der Waals surface area contributed by atoms with Crippen LogP contribution in [0.4, 0.5) is 0 Å². The van der Waals surface area contributed by atoms with Crippen LogP contribution in [0.2, 0.25) is 0 Å². The molecule has 0 radical (unpaired) electrons. The first-order valence-electron chi connectivity index (χ1n) is 19.8. The third-order valence-electron chi connectivity index (χ3n) is 10.1. The van der Waals surface area contributed by atoms with E-state index in [9.17, 15) is 24.3 Å². The first-order chi connectivity index (χ1) is 28.0. The number of fused-ring (bicyclic) bond motifs is 1. The van der Waals surface area contributed by atoms with Crippen LogP contribution in [0.1, 0.15) is 56.1 Å². The molecule has 0 bridgehead atoms. The molecule has 1 saturated heterocycles. The van der Waals surface area contributed by atoms with Gasteiger partial charge in [0.05, 0.1) is 56.9 Å². The maximum Gasteiger partial charge on any atom is 0.281 e. The van der Waals surface area contributed by atoms with E-state index in [-0.39, 0.29) is 41.8 Å². The van der Waals surface area contributed by atoms with Gasteiger partial charge in [-0.05, 0) is 42.9 Å². The Balaban J connectivity index is 0.995. The second-order valence-electron chi connectivity index (χ2n) is 14.6. The van der Waals surface area contributed by atoms with Crippen molar-refractivity contribution >= 4 is 28.8 Å². The van der Waals surface area contributed by atoms with E-state index >= 15 is 0 Å². The number of amides is 3. The number of aromatic nitrogens is 4. The van der Waals surface area contributed by atoms with E-state index in [1.165, 1.54) is 17.2 Å². The summed E-state index contributed by atoms with van der Waals surface area (Å²) < 4.78 is 18.9. The average molecular weight is 801 g/mol. The molecule has 4 aromatic rings. The van der Waals surface area contributed by atoms with E-state index in [1.807, 2.05) is 59.5 Å². The molecule has 16 heteroatoms. The second kappa shape index (κ2) is 21.9. The van der Waals surface area contributed by atoms with Crippen LogP contribution in [-0.4, -0.2) is 112 Å². The summed E-state index contributed by atoms with van der Waals surface area (Å²) in [5.41, 5.74) is 8.02. The first-order valence-corrected chi connectivity index (χ1v) is 19.8. The van der Waals surface area contributed by atoms with Crippen molar-refractivity contribution in [2.45, 2.75) is 63.6 Å². The standard InChI is InChI=1S/C42H56N8O8/c1-31(33-7-4-3-5-8-33)27-37(53)49-19-15-42(55,16-20-49)29-50-30-46-38-39(41(50)54)47-48(2)40(38)34-11-9-32(10-12-34)28-44-17-6-18-45-36(52)14-22-57-24-26-58-25-23-56-21-13-35(43)51/h3-5,7-13,21,30-31,44,55H,6,14-20,22-29H2,1-2H3,(H2,43,51)(H,45,52). The van der Waals surface area contributed by atoms with E-state index < -0.39 is 11.5 Å². The highest BCUT2D eigenvalue weighted by molar-refractivity contribution is 5.89. The number of nitrogens with two attached hydrogens (primary N) is 1. The zero-order valence-electron chi connectivity index (χ0n) is 33.4. The van der Waals surface area contributed by atoms with E-state index in [0.717, 1.165) is 41.4 Å². The third kappa shape index (κ3) is 13.1. The summed E-state index contributed by atoms with van der Waals surface area (Å²) in [5.74, 6) is -0.481. The number of aryl methyl sites for hydroxylation is 1. The van der Waals surface area contributed by atoms with Crippen LogP contribution < -0.4 is 21.9 Å². The lowest BCUT2D eigenvalue weighted by molar-refractivity contribution is -0.136. The van der Waals surface area contributed by atoms with Gasteiger partial charge in [0.15, 0.2) is 5.52 Å². The quantitative estimate of drug-likeness (QED) is 0.0487. The van der Waals surface area contributed by atoms with Gasteiger partial charge < -0.3 is 40.6 Å². The Hall–Kier alpha value is -5.42. The topological polar surface area (TPSA) is 205 Å². The van der Waals surface area contributed by atoms with Crippen molar-refractivity contribution in [3.05, 3.63) is 94.7 Å². The van der Waals surface area contributed by atoms with Gasteiger partial charge in [-0.3, -0.25) is 28.4 Å². The Kier molecular flexibility index (Phi) is 16.5. The molecule has 16 nitrogen and oxygen atoms in total. The van der Waals surface area contributed by atoms with E-state index in [4.69, 9.17) is 19.9 Å². The Bertz CT molecular complexity index is 2020. The molecule has 2 aromatic heterocycles. The molecule has 1 aliphatic heterocycles. The summed E-state index contributed by atoms with van der Waals surface area (Å²) in [6.07, 6.45) is 6.00. The third-order valence-corrected chi connectivity index (χ3v) is 10.1. The molecular weight excluding hydrogens is 745 g/mol. The lowest BCUT2D eigenvalue weighted by Gasteiger charge is -2.38. The monoisotopic (exact) mass is 800 g/mol. The number of carbonyl (C=O) groups is 3. The molecule has 5 rings (SSSR count). The number of hydrogen-bond acceptors (Lipinski definition) is 11. The maximum absolute atomic E-state index is 13.6. The number of benzene rings is 2. The van der Waals surface area contributed by atoms with Gasteiger partial charge in [-0.25, -0.2) is 4.98 Å². The minimum absolute atomic E-state index is 0.0692. The summed E-state index contributed by atoms with van der Waals surface area (Å²) >= 11 is 0. The Morgan fingerprint density at radius 3 is 2.40 bits per heavy atom. The minimum atomic E-state index is -1.14. The molecule has 5 N–H and O–H groups in total. The van der Waals surface area contributed by atoms with Crippen molar-refractivity contribution in [2.24, 2.45) is 12.8 Å². The van der Waals surface area contributed by atoms with Crippen LogP contribution in [-0.2, 0) is 48.7 Å². The Labute approximate surface area is 338 Å². The summed E-state index contributed by atoms with van der Waals surface area (Å²) in [6.45, 7) is 6.56. The molecule has 58 heavy (non-hydrogen) atoms. The van der Waals surface area contributed by atoms with Crippen molar-refractivity contribution in [2.75, 3.05) is 59.2 Å². The summed E-state index contributed by atoms with van der Waals surface area (Å²) in [7, 11) is 1.78. The highest BCUT2D eigenvalue weighted by atomic mass is 16.5. The Morgan fingerprint density at radius 1 is 0.966 bits per heavy atom. The van der Waals surface area contributed by atoms with Gasteiger partial charge in [0, 0.05) is 57.7 Å². The van der Waals surface area contributed by atoms with Crippen LogP contribution in [0.15, 0.2) is 78.1 Å². The highest BCUT2D eigenvalue weighted by Crippen LogP contribution is 2.28. The normalized spacial score (nSPS) is 14.5. The number of hydrogen-bond donors (Lipinski definition) is 4. The van der Waals surface area contributed by atoms with Crippen molar-refractivity contribution in [1.29, 1.82) is 0 Å². The smallest absolute Gasteiger partial charge is 0.281 e. The fraction of sp³-hybridized carbons (Fsp3) is 0.476. The minimum Gasteiger partial charge on any atom is -0.499 e. The maximum atomic E-state index is 13.6. The summed E-state index contributed by atoms with van der Waals surface area (Å²) in [4.78, 5) is 55.7. The highest BCUT2D eigenvalue weighted by Gasteiger charge is 2.35. The average Bonchev–Trinajstić information content (AvgIpc) is 3.56. The van der Waals surface area contributed by atoms with E-state index in [1.54, 1.807) is 11.7 Å². The van der Waals surface area contributed by atoms with Gasteiger partial charge in [0.1, 0.15) is 12.1 Å². The fourth-order valence-electron chi connectivity index (χ4n) is 6.79. The lowest BCUT2D eigenvalue weighted by atomic mass is 9.90. The molecule has 1 atom stereocenters. The van der Waals surface area contributed by atoms with Crippen molar-refractivity contribution < 1.29 is 33.7 Å². The summed E-state index contributed by atoms with van der Waals surface area (Å²) in [6, 6.07) is 18.0. The number of nitrogens with one attached hydrogen (secondary N) is 2. The van der Waals surface area contributed by atoms with Crippen LogP contribution >= 0.6 is 0 Å². The largest absolute Gasteiger partial charge is 0.499 e. The molecule has 1 fully saturated rings. The number of rotatable bonds is 23. The van der Waals surface area contributed by atoms with Crippen LogP contribution in [0.3, 0.4) is 0 Å². The number of piperidine rings is 1. The predicted octanol–water partition coefficient (Wildman–Crippen LogP) is 2.38. The Morgan fingerprint density at radius 2 is 1.67 bits per heavy atom. The number of primary amides is 1. The summed E-state index contributed by atoms with van der Waals surface area (Å²) in [5, 5.41) is 22.3. The van der Waals surface area contributed by atoms with Crippen LogP contribution in [0.5, 0.6) is 0 Å². The molecule has 1 unspecified atom stereocenters. The molecule has 3 amide bonds. The first kappa shape index (κ1) is 43.7. The molecule has 1 aliphatic rings. The number of ether oxygens (including phenoxy) is 3. The van der Waals surface area contributed by atoms with Crippen LogP contribution in [0.25, 0.3) is 22.3 Å². The zero-order chi connectivity index (χ0) is 41.3. The molecule has 0 spiro atoms. The van der Waals surface area contributed by atoms with Gasteiger partial charge in [-0.1, -0.05) is 61.5 Å².